The molecule has 1 aliphatic rings. The first-order chi connectivity index (χ1) is 5.72. The topological polar surface area (TPSA) is 43.4 Å². The van der Waals surface area contributed by atoms with Gasteiger partial charge in [0.15, 0.2) is 0 Å². The Morgan fingerprint density at radius 1 is 1.50 bits per heavy atom. The lowest BCUT2D eigenvalue weighted by Gasteiger charge is -2.20. The molecule has 68 valence electrons. The van der Waals surface area contributed by atoms with E-state index in [9.17, 15) is 9.59 Å². The van der Waals surface area contributed by atoms with Crippen molar-refractivity contribution in [1.29, 1.82) is 0 Å². The number of carbonyl (C=O) groups excluding carboxylic acids is 2. The molecular formula is C9H14O3. The molecule has 1 aliphatic heterocycles. The highest BCUT2D eigenvalue weighted by Crippen LogP contribution is 2.16. The highest BCUT2D eigenvalue weighted by molar-refractivity contribution is 5.97. The fourth-order valence-electron chi connectivity index (χ4n) is 1.35. The van der Waals surface area contributed by atoms with Crippen LogP contribution in [0.5, 0.6) is 0 Å². The molecule has 0 unspecified atom stereocenters. The van der Waals surface area contributed by atoms with E-state index >= 15 is 0 Å². The van der Waals surface area contributed by atoms with Crippen LogP contribution in [0.3, 0.4) is 0 Å². The Morgan fingerprint density at radius 2 is 2.25 bits per heavy atom. The number of hydrogen-bond donors (Lipinski definition) is 0. The van der Waals surface area contributed by atoms with Gasteiger partial charge in [-0.05, 0) is 6.42 Å². The van der Waals surface area contributed by atoms with Crippen LogP contribution in [0.2, 0.25) is 0 Å². The molecule has 1 rings (SSSR count). The summed E-state index contributed by atoms with van der Waals surface area (Å²) in [6.07, 6.45) is 3.18. The van der Waals surface area contributed by atoms with E-state index < -0.39 is 0 Å². The number of cyclic esters (lactones) is 1. The molecule has 3 nitrogen and oxygen atoms in total. The molecule has 0 aromatic carbocycles. The fraction of sp³-hybridized carbons (Fsp3) is 0.778. The van der Waals surface area contributed by atoms with Gasteiger partial charge in [0.05, 0.1) is 0 Å². The number of ether oxygens (including phenoxy) is 1. The van der Waals surface area contributed by atoms with E-state index in [2.05, 4.69) is 6.92 Å². The van der Waals surface area contributed by atoms with Crippen LogP contribution in [-0.2, 0) is 14.3 Å². The average molecular weight is 170 g/mol. The van der Waals surface area contributed by atoms with Crippen molar-refractivity contribution in [3.63, 3.8) is 0 Å². The second-order valence-electron chi connectivity index (χ2n) is 3.17. The van der Waals surface area contributed by atoms with Crippen molar-refractivity contribution >= 4 is 11.8 Å². The number of carbonyl (C=O) groups is 2. The molecular weight excluding hydrogens is 156 g/mol. The van der Waals surface area contributed by atoms with E-state index in [4.69, 9.17) is 4.74 Å². The zero-order valence-corrected chi connectivity index (χ0v) is 7.34. The minimum Gasteiger partial charge on any atom is -0.462 e. The van der Waals surface area contributed by atoms with Gasteiger partial charge >= 0.3 is 5.97 Å². The Bertz CT molecular complexity index is 170. The van der Waals surface area contributed by atoms with Crippen molar-refractivity contribution in [3.8, 4) is 0 Å². The van der Waals surface area contributed by atoms with Crippen LogP contribution in [-0.4, -0.2) is 17.9 Å². The molecule has 1 saturated heterocycles. The maximum atomic E-state index is 10.9. The van der Waals surface area contributed by atoms with Crippen LogP contribution in [0.4, 0.5) is 0 Å². The highest BCUT2D eigenvalue weighted by Gasteiger charge is 2.25. The van der Waals surface area contributed by atoms with Crippen molar-refractivity contribution in [1.82, 2.24) is 0 Å². The predicted molar refractivity (Wildman–Crippen MR) is 43.6 cm³/mol. The SMILES string of the molecule is CCCC[C@H]1CC(=O)CC(=O)O1. The maximum absolute atomic E-state index is 10.9. The lowest BCUT2D eigenvalue weighted by Crippen LogP contribution is -2.29. The molecule has 1 heterocycles. The Morgan fingerprint density at radius 3 is 2.83 bits per heavy atom. The Balaban J connectivity index is 2.34. The first kappa shape index (κ1) is 9.23. The van der Waals surface area contributed by atoms with E-state index in [0.717, 1.165) is 19.3 Å². The van der Waals surface area contributed by atoms with Gasteiger partial charge in [0.25, 0.3) is 0 Å². The third-order valence-electron chi connectivity index (χ3n) is 1.97. The van der Waals surface area contributed by atoms with Gasteiger partial charge in [0, 0.05) is 6.42 Å². The maximum Gasteiger partial charge on any atom is 0.313 e. The summed E-state index contributed by atoms with van der Waals surface area (Å²) in [4.78, 5) is 21.8. The van der Waals surface area contributed by atoms with Gasteiger partial charge < -0.3 is 4.74 Å². The molecule has 0 bridgehead atoms. The summed E-state index contributed by atoms with van der Waals surface area (Å²) in [7, 11) is 0. The summed E-state index contributed by atoms with van der Waals surface area (Å²) < 4.78 is 5.00. The van der Waals surface area contributed by atoms with E-state index in [-0.39, 0.29) is 24.3 Å². The molecule has 0 spiro atoms. The second-order valence-corrected chi connectivity index (χ2v) is 3.17. The van der Waals surface area contributed by atoms with Gasteiger partial charge in [-0.2, -0.15) is 0 Å². The number of ketones is 1. The van der Waals surface area contributed by atoms with Gasteiger partial charge in [-0.1, -0.05) is 19.8 Å². The van der Waals surface area contributed by atoms with Crippen molar-refractivity contribution < 1.29 is 14.3 Å². The zero-order chi connectivity index (χ0) is 8.97. The van der Waals surface area contributed by atoms with E-state index in [1.54, 1.807) is 0 Å². The van der Waals surface area contributed by atoms with Crippen LogP contribution in [0, 0.1) is 0 Å². The minimum atomic E-state index is -0.354. The van der Waals surface area contributed by atoms with E-state index in [0.29, 0.717) is 6.42 Å². The first-order valence-corrected chi connectivity index (χ1v) is 4.43. The number of esters is 1. The quantitative estimate of drug-likeness (QED) is 0.475. The van der Waals surface area contributed by atoms with Gasteiger partial charge in [0.1, 0.15) is 18.3 Å². The van der Waals surface area contributed by atoms with E-state index in [1.165, 1.54) is 0 Å². The van der Waals surface area contributed by atoms with Crippen LogP contribution < -0.4 is 0 Å². The lowest BCUT2D eigenvalue weighted by molar-refractivity contribution is -0.158. The number of hydrogen-bond acceptors (Lipinski definition) is 3. The van der Waals surface area contributed by atoms with Crippen LogP contribution in [0.25, 0.3) is 0 Å². The molecule has 0 amide bonds. The van der Waals surface area contributed by atoms with Gasteiger partial charge in [-0.3, -0.25) is 9.59 Å². The summed E-state index contributed by atoms with van der Waals surface area (Å²) in [5, 5.41) is 0. The van der Waals surface area contributed by atoms with E-state index in [1.807, 2.05) is 0 Å². The molecule has 0 aromatic heterocycles. The van der Waals surface area contributed by atoms with Crippen LogP contribution in [0.15, 0.2) is 0 Å². The molecule has 1 fully saturated rings. The Hall–Kier alpha value is -0.860. The summed E-state index contributed by atoms with van der Waals surface area (Å²) >= 11 is 0. The number of Topliss-reactive ketones (excluding diaryl/α,β-unsaturated/α-hetero) is 1. The largest absolute Gasteiger partial charge is 0.462 e. The van der Waals surface area contributed by atoms with Gasteiger partial charge in [0.2, 0.25) is 0 Å². The lowest BCUT2D eigenvalue weighted by atomic mass is 10.0. The summed E-state index contributed by atoms with van der Waals surface area (Å²) in [6, 6.07) is 0. The molecule has 3 heteroatoms. The third kappa shape index (κ3) is 2.64. The van der Waals surface area contributed by atoms with Crippen molar-refractivity contribution in [2.45, 2.75) is 45.1 Å². The number of unbranched alkanes of at least 4 members (excludes halogenated alkanes) is 1. The minimum absolute atomic E-state index is 0.0207. The molecule has 1 atom stereocenters. The number of rotatable bonds is 3. The molecule has 0 radical (unpaired) electrons. The fourth-order valence-corrected chi connectivity index (χ4v) is 1.35. The zero-order valence-electron chi connectivity index (χ0n) is 7.34. The average Bonchev–Trinajstić information content (AvgIpc) is 1.99. The van der Waals surface area contributed by atoms with Gasteiger partial charge in [-0.15, -0.1) is 0 Å². The molecule has 0 aliphatic carbocycles. The summed E-state index contributed by atoms with van der Waals surface area (Å²) in [5.41, 5.74) is 0. The molecule has 12 heavy (non-hydrogen) atoms. The molecule has 0 saturated carbocycles. The smallest absolute Gasteiger partial charge is 0.313 e. The molecule has 0 aromatic rings. The monoisotopic (exact) mass is 170 g/mol. The third-order valence-corrected chi connectivity index (χ3v) is 1.97. The van der Waals surface area contributed by atoms with Crippen LogP contribution in [0.1, 0.15) is 39.0 Å². The summed E-state index contributed by atoms with van der Waals surface area (Å²) in [5.74, 6) is -0.334. The highest BCUT2D eigenvalue weighted by atomic mass is 16.5. The Labute approximate surface area is 72.1 Å². The summed E-state index contributed by atoms with van der Waals surface area (Å²) in [6.45, 7) is 2.08. The first-order valence-electron chi connectivity index (χ1n) is 4.43. The normalized spacial score (nSPS) is 23.9. The van der Waals surface area contributed by atoms with Crippen molar-refractivity contribution in [2.75, 3.05) is 0 Å². The molecule has 0 N–H and O–H groups in total. The Kier molecular flexibility index (Phi) is 3.26. The second kappa shape index (κ2) is 4.24. The predicted octanol–water partition coefficient (Wildman–Crippen LogP) is 1.45. The van der Waals surface area contributed by atoms with Crippen LogP contribution >= 0.6 is 0 Å². The van der Waals surface area contributed by atoms with Crippen molar-refractivity contribution in [2.24, 2.45) is 0 Å². The van der Waals surface area contributed by atoms with Gasteiger partial charge in [-0.25, -0.2) is 0 Å². The van der Waals surface area contributed by atoms with Crippen molar-refractivity contribution in [3.05, 3.63) is 0 Å². The standard InChI is InChI=1S/C9H14O3/c1-2-3-4-8-5-7(10)6-9(11)12-8/h8H,2-6H2,1H3/t8-/m0/s1.